The second-order valence-corrected chi connectivity index (χ2v) is 8.80. The van der Waals surface area contributed by atoms with Gasteiger partial charge in [-0.2, -0.15) is 0 Å². The fraction of sp³-hybridized carbons (Fsp3) is 0.684. The van der Waals surface area contributed by atoms with Gasteiger partial charge in [0.15, 0.2) is 0 Å². The monoisotopic (exact) mass is 274 g/mol. The number of benzene rings is 1. The Hall–Kier alpha value is -0.820. The van der Waals surface area contributed by atoms with E-state index < -0.39 is 0 Å². The molecule has 0 amide bonds. The second-order valence-electron chi connectivity index (χ2n) is 8.80. The average Bonchev–Trinajstić information content (AvgIpc) is 2.99. The number of hydrogen-bond donors (Lipinski definition) is 1. The van der Waals surface area contributed by atoms with Gasteiger partial charge in [0.25, 0.3) is 0 Å². The number of aliphatic hydroxyl groups excluding tert-OH is 1. The number of rotatable bonds is 2. The Balaban J connectivity index is 2.53. The predicted molar refractivity (Wildman–Crippen MR) is 86.4 cm³/mol. The zero-order chi connectivity index (χ0) is 15.3. The van der Waals surface area contributed by atoms with E-state index in [1.54, 1.807) is 0 Å². The first-order chi connectivity index (χ1) is 8.98. The van der Waals surface area contributed by atoms with Crippen LogP contribution in [0, 0.1) is 5.92 Å². The molecule has 2 rings (SSSR count). The summed E-state index contributed by atoms with van der Waals surface area (Å²) < 4.78 is 0. The van der Waals surface area contributed by atoms with E-state index in [1.165, 1.54) is 16.7 Å². The molecule has 0 aliphatic heterocycles. The molecule has 0 bridgehead atoms. The lowest BCUT2D eigenvalue weighted by molar-refractivity contribution is 0.265. The minimum absolute atomic E-state index is 0.163. The highest BCUT2D eigenvalue weighted by molar-refractivity contribution is 5.43. The summed E-state index contributed by atoms with van der Waals surface area (Å²) in [6.07, 6.45) is 1.11. The predicted octanol–water partition coefficient (Wildman–Crippen LogP) is 4.55. The lowest BCUT2D eigenvalue weighted by Crippen LogP contribution is -2.19. The third-order valence-corrected chi connectivity index (χ3v) is 4.96. The molecule has 1 saturated carbocycles. The Morgan fingerprint density at radius 2 is 1.45 bits per heavy atom. The zero-order valence-electron chi connectivity index (χ0n) is 14.2. The molecule has 1 aliphatic rings. The van der Waals surface area contributed by atoms with Gasteiger partial charge in [0.05, 0.1) is 0 Å². The highest BCUT2D eigenvalue weighted by Crippen LogP contribution is 2.54. The molecule has 0 aromatic heterocycles. The van der Waals surface area contributed by atoms with Crippen molar-refractivity contribution in [2.75, 3.05) is 6.61 Å². The van der Waals surface area contributed by atoms with Gasteiger partial charge in [-0.3, -0.25) is 0 Å². The third-order valence-electron chi connectivity index (χ3n) is 4.96. The molecule has 0 spiro atoms. The van der Waals surface area contributed by atoms with Crippen LogP contribution in [0.3, 0.4) is 0 Å². The van der Waals surface area contributed by atoms with E-state index in [0.717, 1.165) is 6.42 Å². The SMILES string of the molecule is CC(C)(C)c1cc(C(C)(C)C)cc(C2(C)CC2CO)c1. The lowest BCUT2D eigenvalue weighted by atomic mass is 9.77. The number of hydrogen-bond acceptors (Lipinski definition) is 1. The van der Waals surface area contributed by atoms with Gasteiger partial charge >= 0.3 is 0 Å². The molecule has 1 aliphatic carbocycles. The highest BCUT2D eigenvalue weighted by atomic mass is 16.3. The smallest absolute Gasteiger partial charge is 0.0468 e. The van der Waals surface area contributed by atoms with Gasteiger partial charge in [-0.1, -0.05) is 66.7 Å². The van der Waals surface area contributed by atoms with Gasteiger partial charge < -0.3 is 5.11 Å². The molecule has 112 valence electrons. The van der Waals surface area contributed by atoms with Crippen molar-refractivity contribution in [1.82, 2.24) is 0 Å². The lowest BCUT2D eigenvalue weighted by Gasteiger charge is -2.27. The van der Waals surface area contributed by atoms with Crippen molar-refractivity contribution < 1.29 is 5.11 Å². The Morgan fingerprint density at radius 3 is 1.75 bits per heavy atom. The van der Waals surface area contributed by atoms with Crippen LogP contribution < -0.4 is 0 Å². The summed E-state index contributed by atoms with van der Waals surface area (Å²) in [5.41, 5.74) is 4.73. The van der Waals surface area contributed by atoms with E-state index in [9.17, 15) is 5.11 Å². The van der Waals surface area contributed by atoms with Crippen molar-refractivity contribution in [3.05, 3.63) is 34.9 Å². The summed E-state index contributed by atoms with van der Waals surface area (Å²) in [4.78, 5) is 0. The maximum Gasteiger partial charge on any atom is 0.0468 e. The van der Waals surface area contributed by atoms with Gasteiger partial charge in [0.1, 0.15) is 0 Å². The molecular weight excluding hydrogens is 244 g/mol. The van der Waals surface area contributed by atoms with Gasteiger partial charge in [0, 0.05) is 6.61 Å². The maximum absolute atomic E-state index is 9.46. The van der Waals surface area contributed by atoms with Crippen molar-refractivity contribution in [2.45, 2.75) is 71.1 Å². The van der Waals surface area contributed by atoms with Crippen LogP contribution in [-0.2, 0) is 16.2 Å². The zero-order valence-corrected chi connectivity index (χ0v) is 14.2. The molecular formula is C19H30O. The van der Waals surface area contributed by atoms with Gasteiger partial charge in [-0.15, -0.1) is 0 Å². The second kappa shape index (κ2) is 4.59. The molecule has 0 saturated heterocycles. The summed E-state index contributed by atoms with van der Waals surface area (Å²) >= 11 is 0. The Kier molecular flexibility index (Phi) is 3.57. The quantitative estimate of drug-likeness (QED) is 0.838. The van der Waals surface area contributed by atoms with Crippen LogP contribution in [0.2, 0.25) is 0 Å². The highest BCUT2D eigenvalue weighted by Gasteiger charge is 2.51. The first-order valence-electron chi connectivity index (χ1n) is 7.76. The van der Waals surface area contributed by atoms with Crippen LogP contribution in [-0.4, -0.2) is 11.7 Å². The van der Waals surface area contributed by atoms with Crippen LogP contribution in [0.15, 0.2) is 18.2 Å². The van der Waals surface area contributed by atoms with Crippen molar-refractivity contribution in [3.8, 4) is 0 Å². The van der Waals surface area contributed by atoms with E-state index in [4.69, 9.17) is 0 Å². The molecule has 2 unspecified atom stereocenters. The summed E-state index contributed by atoms with van der Waals surface area (Å²) in [5, 5.41) is 9.46. The minimum atomic E-state index is 0.163. The standard InChI is InChI=1S/C19H30O/c1-17(2,3)13-8-14(18(4,5)6)10-15(9-13)19(7)11-16(19)12-20/h8-10,16,20H,11-12H2,1-7H3. The summed E-state index contributed by atoms with van der Waals surface area (Å²) in [5.74, 6) is 0.436. The van der Waals surface area contributed by atoms with E-state index in [-0.39, 0.29) is 16.2 Å². The fourth-order valence-electron chi connectivity index (χ4n) is 2.90. The molecule has 1 aromatic carbocycles. The summed E-state index contributed by atoms with van der Waals surface area (Å²) in [6, 6.07) is 7.10. The minimum Gasteiger partial charge on any atom is -0.396 e. The van der Waals surface area contributed by atoms with Gasteiger partial charge in [-0.05, 0) is 45.3 Å². The molecule has 1 aromatic rings. The number of aliphatic hydroxyl groups is 1. The molecule has 1 fully saturated rings. The molecule has 0 radical (unpaired) electrons. The molecule has 0 heterocycles. The topological polar surface area (TPSA) is 20.2 Å². The molecule has 20 heavy (non-hydrogen) atoms. The van der Waals surface area contributed by atoms with Crippen molar-refractivity contribution in [1.29, 1.82) is 0 Å². The summed E-state index contributed by atoms with van der Waals surface area (Å²) in [7, 11) is 0. The fourth-order valence-corrected chi connectivity index (χ4v) is 2.90. The first kappa shape index (κ1) is 15.6. The van der Waals surface area contributed by atoms with E-state index in [2.05, 4.69) is 66.7 Å². The third kappa shape index (κ3) is 2.79. The maximum atomic E-state index is 9.46. The van der Waals surface area contributed by atoms with Crippen molar-refractivity contribution in [2.24, 2.45) is 5.92 Å². The van der Waals surface area contributed by atoms with Crippen LogP contribution in [0.5, 0.6) is 0 Å². The van der Waals surface area contributed by atoms with Crippen LogP contribution in [0.25, 0.3) is 0 Å². The molecule has 1 N–H and O–H groups in total. The Labute approximate surface area is 124 Å². The largest absolute Gasteiger partial charge is 0.396 e. The summed E-state index contributed by atoms with van der Waals surface area (Å²) in [6.45, 7) is 16.3. The van der Waals surface area contributed by atoms with Crippen LogP contribution in [0.1, 0.15) is 71.6 Å². The van der Waals surface area contributed by atoms with Crippen LogP contribution >= 0.6 is 0 Å². The van der Waals surface area contributed by atoms with E-state index in [1.807, 2.05) is 0 Å². The van der Waals surface area contributed by atoms with Crippen molar-refractivity contribution >= 4 is 0 Å². The van der Waals surface area contributed by atoms with Crippen molar-refractivity contribution in [3.63, 3.8) is 0 Å². The first-order valence-corrected chi connectivity index (χ1v) is 7.76. The van der Waals surface area contributed by atoms with Crippen LogP contribution in [0.4, 0.5) is 0 Å². The van der Waals surface area contributed by atoms with E-state index in [0.29, 0.717) is 12.5 Å². The Morgan fingerprint density at radius 1 is 1.00 bits per heavy atom. The Bertz CT molecular complexity index is 469. The van der Waals surface area contributed by atoms with E-state index >= 15 is 0 Å². The molecule has 2 atom stereocenters. The molecule has 1 heteroatoms. The van der Waals surface area contributed by atoms with Gasteiger partial charge in [-0.25, -0.2) is 0 Å². The molecule has 1 nitrogen and oxygen atoms in total. The normalized spacial score (nSPS) is 26.7. The van der Waals surface area contributed by atoms with Gasteiger partial charge in [0.2, 0.25) is 0 Å². The average molecular weight is 274 g/mol.